The third kappa shape index (κ3) is 4.91. The van der Waals surface area contributed by atoms with E-state index >= 15 is 0 Å². The number of aromatic nitrogens is 3. The van der Waals surface area contributed by atoms with Crippen molar-refractivity contribution in [3.8, 4) is 17.3 Å². The van der Waals surface area contributed by atoms with Crippen LogP contribution in [-0.4, -0.2) is 40.1 Å². The number of nitrogens with zero attached hydrogens (tertiary/aromatic N) is 3. The normalized spacial score (nSPS) is 10.7. The van der Waals surface area contributed by atoms with Gasteiger partial charge in [-0.25, -0.2) is 0 Å². The first-order valence-electron chi connectivity index (χ1n) is 8.70. The average Bonchev–Trinajstić information content (AvgIpc) is 3.36. The zero-order chi connectivity index (χ0) is 19.1. The van der Waals surface area contributed by atoms with Gasteiger partial charge in [0.15, 0.2) is 16.7 Å². The van der Waals surface area contributed by atoms with E-state index in [0.717, 1.165) is 17.7 Å². The number of furan rings is 1. The van der Waals surface area contributed by atoms with Gasteiger partial charge >= 0.3 is 0 Å². The van der Waals surface area contributed by atoms with Gasteiger partial charge in [-0.05, 0) is 43.2 Å². The maximum absolute atomic E-state index is 12.1. The minimum atomic E-state index is -0.0290. The zero-order valence-electron chi connectivity index (χ0n) is 15.3. The Morgan fingerprint density at radius 1 is 1.26 bits per heavy atom. The van der Waals surface area contributed by atoms with E-state index in [1.54, 1.807) is 13.4 Å². The second-order valence-electron chi connectivity index (χ2n) is 5.76. The standard InChI is InChI=1S/C19H22N4O3S/c1-3-23-18(16-5-4-12-26-16)21-22-19(23)27-13-17(24)20-11-10-14-6-8-15(25-2)9-7-14/h4-9,12H,3,10-11,13H2,1-2H3,(H,20,24). The number of rotatable bonds is 9. The summed E-state index contributed by atoms with van der Waals surface area (Å²) in [5, 5.41) is 12.0. The summed E-state index contributed by atoms with van der Waals surface area (Å²) in [6.45, 7) is 3.29. The second kappa shape index (κ2) is 9.27. The number of nitrogens with one attached hydrogen (secondary N) is 1. The summed E-state index contributed by atoms with van der Waals surface area (Å²) in [4.78, 5) is 12.1. The SMILES string of the molecule is CCn1c(SCC(=O)NCCc2ccc(OC)cc2)nnc1-c1ccco1. The Kier molecular flexibility index (Phi) is 6.54. The van der Waals surface area contributed by atoms with Crippen molar-refractivity contribution in [1.29, 1.82) is 0 Å². The molecule has 0 saturated carbocycles. The van der Waals surface area contributed by atoms with E-state index in [0.29, 0.717) is 35.6 Å². The molecule has 142 valence electrons. The van der Waals surface area contributed by atoms with Crippen LogP contribution in [0.2, 0.25) is 0 Å². The molecule has 2 heterocycles. The Labute approximate surface area is 162 Å². The smallest absolute Gasteiger partial charge is 0.230 e. The molecular weight excluding hydrogens is 364 g/mol. The monoisotopic (exact) mass is 386 g/mol. The largest absolute Gasteiger partial charge is 0.497 e. The number of carbonyl (C=O) groups excluding carboxylic acids is 1. The number of carbonyl (C=O) groups is 1. The van der Waals surface area contributed by atoms with Crippen molar-refractivity contribution in [1.82, 2.24) is 20.1 Å². The van der Waals surface area contributed by atoms with Crippen molar-refractivity contribution in [2.75, 3.05) is 19.4 Å². The highest BCUT2D eigenvalue weighted by atomic mass is 32.2. The fraction of sp³-hybridized carbons (Fsp3) is 0.316. The quantitative estimate of drug-likeness (QED) is 0.569. The predicted octanol–water partition coefficient (Wildman–Crippen LogP) is 3.02. The lowest BCUT2D eigenvalue weighted by molar-refractivity contribution is -0.118. The molecule has 0 aliphatic rings. The van der Waals surface area contributed by atoms with E-state index in [9.17, 15) is 4.79 Å². The van der Waals surface area contributed by atoms with E-state index in [4.69, 9.17) is 9.15 Å². The molecule has 0 saturated heterocycles. The Bertz CT molecular complexity index is 860. The van der Waals surface area contributed by atoms with Crippen LogP contribution in [0.25, 0.3) is 11.6 Å². The number of methoxy groups -OCH3 is 1. The summed E-state index contributed by atoms with van der Waals surface area (Å²) in [7, 11) is 1.64. The van der Waals surface area contributed by atoms with Gasteiger partial charge in [-0.1, -0.05) is 23.9 Å². The topological polar surface area (TPSA) is 82.2 Å². The van der Waals surface area contributed by atoms with E-state index in [1.807, 2.05) is 47.9 Å². The molecule has 7 nitrogen and oxygen atoms in total. The Hall–Kier alpha value is -2.74. The van der Waals surface area contributed by atoms with Crippen LogP contribution >= 0.6 is 11.8 Å². The van der Waals surface area contributed by atoms with Crippen molar-refractivity contribution < 1.29 is 13.9 Å². The van der Waals surface area contributed by atoms with Crippen LogP contribution in [0.1, 0.15) is 12.5 Å². The number of ether oxygens (including phenoxy) is 1. The van der Waals surface area contributed by atoms with Crippen LogP contribution in [-0.2, 0) is 17.8 Å². The summed E-state index contributed by atoms with van der Waals surface area (Å²) < 4.78 is 12.5. The molecule has 8 heteroatoms. The van der Waals surface area contributed by atoms with Gasteiger partial charge in [-0.3, -0.25) is 9.36 Å². The van der Waals surface area contributed by atoms with Crippen LogP contribution in [0.15, 0.2) is 52.2 Å². The maximum atomic E-state index is 12.1. The van der Waals surface area contributed by atoms with Crippen LogP contribution in [0.5, 0.6) is 5.75 Å². The molecule has 2 aromatic heterocycles. The van der Waals surface area contributed by atoms with E-state index in [1.165, 1.54) is 11.8 Å². The summed E-state index contributed by atoms with van der Waals surface area (Å²) in [6, 6.07) is 11.5. The molecule has 3 aromatic rings. The number of hydrogen-bond donors (Lipinski definition) is 1. The van der Waals surface area contributed by atoms with Crippen LogP contribution in [0.3, 0.4) is 0 Å². The molecular formula is C19H22N4O3S. The third-order valence-electron chi connectivity index (χ3n) is 4.00. The highest BCUT2D eigenvalue weighted by molar-refractivity contribution is 7.99. The minimum absolute atomic E-state index is 0.0290. The second-order valence-corrected chi connectivity index (χ2v) is 6.71. The van der Waals surface area contributed by atoms with E-state index < -0.39 is 0 Å². The lowest BCUT2D eigenvalue weighted by Crippen LogP contribution is -2.27. The van der Waals surface area contributed by atoms with E-state index in [-0.39, 0.29) is 5.91 Å². The lowest BCUT2D eigenvalue weighted by atomic mass is 10.1. The van der Waals surface area contributed by atoms with Gasteiger partial charge in [0.25, 0.3) is 0 Å². The van der Waals surface area contributed by atoms with Gasteiger partial charge < -0.3 is 14.5 Å². The number of thioether (sulfide) groups is 1. The lowest BCUT2D eigenvalue weighted by Gasteiger charge is -2.07. The molecule has 0 aliphatic heterocycles. The Morgan fingerprint density at radius 3 is 2.74 bits per heavy atom. The molecule has 1 N–H and O–H groups in total. The number of amides is 1. The van der Waals surface area contributed by atoms with Gasteiger partial charge in [-0.15, -0.1) is 10.2 Å². The Morgan fingerprint density at radius 2 is 2.07 bits per heavy atom. The summed E-state index contributed by atoms with van der Waals surface area (Å²) in [6.07, 6.45) is 2.38. The number of hydrogen-bond acceptors (Lipinski definition) is 6. The molecule has 0 spiro atoms. The molecule has 0 radical (unpaired) electrons. The van der Waals surface area contributed by atoms with Crippen molar-refractivity contribution in [3.63, 3.8) is 0 Å². The summed E-state index contributed by atoms with van der Waals surface area (Å²) in [5.41, 5.74) is 1.15. The molecule has 0 fully saturated rings. The first kappa shape index (κ1) is 19.0. The van der Waals surface area contributed by atoms with Gasteiger partial charge in [0.05, 0.1) is 19.1 Å². The van der Waals surface area contributed by atoms with Crippen LogP contribution in [0, 0.1) is 0 Å². The molecule has 0 atom stereocenters. The molecule has 1 aromatic carbocycles. The highest BCUT2D eigenvalue weighted by Gasteiger charge is 2.16. The Balaban J connectivity index is 1.47. The highest BCUT2D eigenvalue weighted by Crippen LogP contribution is 2.24. The minimum Gasteiger partial charge on any atom is -0.497 e. The first-order valence-corrected chi connectivity index (χ1v) is 9.69. The zero-order valence-corrected chi connectivity index (χ0v) is 16.2. The fourth-order valence-electron chi connectivity index (χ4n) is 2.59. The van der Waals surface area contributed by atoms with E-state index in [2.05, 4.69) is 15.5 Å². The first-order chi connectivity index (χ1) is 13.2. The molecule has 27 heavy (non-hydrogen) atoms. The average molecular weight is 386 g/mol. The summed E-state index contributed by atoms with van der Waals surface area (Å²) >= 11 is 1.37. The molecule has 1 amide bonds. The van der Waals surface area contributed by atoms with Gasteiger partial charge in [0.2, 0.25) is 5.91 Å². The fourth-order valence-corrected chi connectivity index (χ4v) is 3.42. The molecule has 0 unspecified atom stereocenters. The van der Waals surface area contributed by atoms with Gasteiger partial charge in [0, 0.05) is 13.1 Å². The van der Waals surface area contributed by atoms with Crippen molar-refractivity contribution in [3.05, 3.63) is 48.2 Å². The van der Waals surface area contributed by atoms with Crippen LogP contribution in [0.4, 0.5) is 0 Å². The third-order valence-corrected chi connectivity index (χ3v) is 4.97. The number of benzene rings is 1. The molecule has 3 rings (SSSR count). The summed E-state index contributed by atoms with van der Waals surface area (Å²) in [5.74, 6) is 2.43. The van der Waals surface area contributed by atoms with Crippen LogP contribution < -0.4 is 10.1 Å². The maximum Gasteiger partial charge on any atom is 0.230 e. The van der Waals surface area contributed by atoms with Gasteiger partial charge in [0.1, 0.15) is 5.75 Å². The van der Waals surface area contributed by atoms with Gasteiger partial charge in [-0.2, -0.15) is 0 Å². The van der Waals surface area contributed by atoms with Crippen molar-refractivity contribution in [2.24, 2.45) is 0 Å². The van der Waals surface area contributed by atoms with Crippen molar-refractivity contribution >= 4 is 17.7 Å². The molecule has 0 bridgehead atoms. The molecule has 0 aliphatic carbocycles. The predicted molar refractivity (Wildman–Crippen MR) is 104 cm³/mol. The van der Waals surface area contributed by atoms with Crippen molar-refractivity contribution in [2.45, 2.75) is 25.0 Å².